The fourth-order valence-electron chi connectivity index (χ4n) is 3.07. The van der Waals surface area contributed by atoms with Crippen molar-refractivity contribution in [2.24, 2.45) is 4.99 Å². The molecule has 2 aromatic rings. The number of hydrogen-bond acceptors (Lipinski definition) is 2. The molecule has 0 saturated heterocycles. The van der Waals surface area contributed by atoms with Crippen molar-refractivity contribution in [3.05, 3.63) is 63.9 Å². The second-order valence-corrected chi connectivity index (χ2v) is 7.20. The number of para-hydroxylation sites is 1. The zero-order valence-corrected chi connectivity index (χ0v) is 19.4. The van der Waals surface area contributed by atoms with Crippen LogP contribution in [0.3, 0.4) is 0 Å². The molecule has 0 aromatic heterocycles. The molecule has 0 saturated carbocycles. The van der Waals surface area contributed by atoms with Gasteiger partial charge in [-0.3, -0.25) is 4.79 Å². The molecule has 1 heterocycles. The maximum absolute atomic E-state index is 13.4. The summed E-state index contributed by atoms with van der Waals surface area (Å²) in [6, 6.07) is 12.4. The van der Waals surface area contributed by atoms with Gasteiger partial charge in [0.2, 0.25) is 5.91 Å². The van der Waals surface area contributed by atoms with Gasteiger partial charge in [0.1, 0.15) is 5.82 Å². The summed E-state index contributed by atoms with van der Waals surface area (Å²) >= 11 is 3.42. The summed E-state index contributed by atoms with van der Waals surface area (Å²) in [5, 5.41) is 9.40. The zero-order valence-electron chi connectivity index (χ0n) is 15.5. The minimum atomic E-state index is -0.286. The fraction of sp³-hybridized carbons (Fsp3) is 0.300. The van der Waals surface area contributed by atoms with Crippen LogP contribution in [-0.4, -0.2) is 25.0 Å². The predicted octanol–water partition coefficient (Wildman–Crippen LogP) is 4.39. The average Bonchev–Trinajstić information content (AvgIpc) is 2.66. The number of rotatable bonds is 5. The van der Waals surface area contributed by atoms with Gasteiger partial charge in [0.15, 0.2) is 5.96 Å². The number of halogens is 3. The smallest absolute Gasteiger partial charge is 0.225 e. The number of guanidine groups is 1. The molecule has 5 nitrogen and oxygen atoms in total. The van der Waals surface area contributed by atoms with Gasteiger partial charge in [-0.25, -0.2) is 9.38 Å². The maximum Gasteiger partial charge on any atom is 0.225 e. The Morgan fingerprint density at radius 3 is 2.86 bits per heavy atom. The number of hydrogen-bond donors (Lipinski definition) is 3. The molecule has 8 heteroatoms. The van der Waals surface area contributed by atoms with E-state index in [1.807, 2.05) is 31.2 Å². The van der Waals surface area contributed by atoms with Crippen LogP contribution in [0.1, 0.15) is 30.4 Å². The Bertz CT molecular complexity index is 862. The Labute approximate surface area is 189 Å². The van der Waals surface area contributed by atoms with Crippen LogP contribution in [0.4, 0.5) is 10.1 Å². The van der Waals surface area contributed by atoms with E-state index in [-0.39, 0.29) is 41.6 Å². The van der Waals surface area contributed by atoms with E-state index in [0.29, 0.717) is 32.0 Å². The minimum absolute atomic E-state index is 0. The van der Waals surface area contributed by atoms with E-state index in [1.165, 1.54) is 12.1 Å². The molecule has 1 unspecified atom stereocenters. The Kier molecular flexibility index (Phi) is 8.68. The van der Waals surface area contributed by atoms with Crippen LogP contribution in [-0.2, 0) is 11.3 Å². The van der Waals surface area contributed by atoms with Crippen LogP contribution in [0.25, 0.3) is 0 Å². The molecule has 28 heavy (non-hydrogen) atoms. The Hall–Kier alpha value is -1.68. The van der Waals surface area contributed by atoms with Crippen molar-refractivity contribution in [2.75, 3.05) is 18.4 Å². The highest BCUT2D eigenvalue weighted by Gasteiger charge is 2.24. The van der Waals surface area contributed by atoms with Crippen molar-refractivity contribution >= 4 is 57.5 Å². The van der Waals surface area contributed by atoms with E-state index in [4.69, 9.17) is 0 Å². The summed E-state index contributed by atoms with van der Waals surface area (Å²) in [6.45, 7) is 3.62. The van der Waals surface area contributed by atoms with Gasteiger partial charge < -0.3 is 16.0 Å². The monoisotopic (exact) mass is 560 g/mol. The summed E-state index contributed by atoms with van der Waals surface area (Å²) in [4.78, 5) is 16.5. The van der Waals surface area contributed by atoms with Crippen LogP contribution >= 0.6 is 39.9 Å². The number of benzene rings is 2. The number of carbonyl (C=O) groups is 1. The van der Waals surface area contributed by atoms with Crippen LogP contribution in [0, 0.1) is 5.82 Å². The molecule has 3 rings (SSSR count). The molecule has 3 N–H and O–H groups in total. The van der Waals surface area contributed by atoms with Crippen molar-refractivity contribution in [2.45, 2.75) is 25.8 Å². The van der Waals surface area contributed by atoms with Crippen molar-refractivity contribution in [3.63, 3.8) is 0 Å². The van der Waals surface area contributed by atoms with Crippen LogP contribution in [0.15, 0.2) is 51.9 Å². The second kappa shape index (κ2) is 10.8. The largest absolute Gasteiger partial charge is 0.357 e. The SMILES string of the molecule is CCNC(=NCc1cc(F)ccc1Br)NCC1CC(=O)Nc2ccccc21.I. The first kappa shape index (κ1) is 22.6. The number of carbonyl (C=O) groups excluding carboxylic acids is 1. The number of nitrogens with zero attached hydrogens (tertiary/aromatic N) is 1. The topological polar surface area (TPSA) is 65.5 Å². The van der Waals surface area contributed by atoms with Crippen LogP contribution < -0.4 is 16.0 Å². The van der Waals surface area contributed by atoms with Gasteiger partial charge in [-0.1, -0.05) is 34.1 Å². The van der Waals surface area contributed by atoms with E-state index in [1.54, 1.807) is 6.07 Å². The molecule has 1 amide bonds. The van der Waals surface area contributed by atoms with Crippen molar-refractivity contribution < 1.29 is 9.18 Å². The lowest BCUT2D eigenvalue weighted by molar-refractivity contribution is -0.116. The van der Waals surface area contributed by atoms with Gasteiger partial charge in [-0.15, -0.1) is 24.0 Å². The lowest BCUT2D eigenvalue weighted by Gasteiger charge is -2.26. The van der Waals surface area contributed by atoms with Crippen LogP contribution in [0.5, 0.6) is 0 Å². The normalized spacial score (nSPS) is 15.9. The van der Waals surface area contributed by atoms with Crippen molar-refractivity contribution in [1.29, 1.82) is 0 Å². The minimum Gasteiger partial charge on any atom is -0.357 e. The summed E-state index contributed by atoms with van der Waals surface area (Å²) in [7, 11) is 0. The molecule has 2 aromatic carbocycles. The molecule has 0 spiro atoms. The average molecular weight is 561 g/mol. The van der Waals surface area contributed by atoms with E-state index in [0.717, 1.165) is 21.3 Å². The maximum atomic E-state index is 13.4. The third kappa shape index (κ3) is 5.91. The third-order valence-corrected chi connectivity index (χ3v) is 5.16. The Morgan fingerprint density at radius 1 is 1.29 bits per heavy atom. The van der Waals surface area contributed by atoms with Gasteiger partial charge in [0.25, 0.3) is 0 Å². The van der Waals surface area contributed by atoms with E-state index in [9.17, 15) is 9.18 Å². The molecule has 1 aliphatic heterocycles. The molecular formula is C20H23BrFIN4O. The molecule has 150 valence electrons. The standard InChI is InChI=1S/C20H22BrFN4O.HI/c1-2-23-20(25-12-14-9-15(22)7-8-17(14)21)24-11-13-10-19(27)26-18-6-4-3-5-16(13)18;/h3-9,13H,2,10-12H2,1H3,(H,26,27)(H2,23,24,25);1H. The molecule has 0 fully saturated rings. The van der Waals surface area contributed by atoms with Gasteiger partial charge >= 0.3 is 0 Å². The molecule has 1 atom stereocenters. The first-order valence-electron chi connectivity index (χ1n) is 8.91. The number of fused-ring (bicyclic) bond motifs is 1. The van der Waals surface area contributed by atoms with Crippen molar-refractivity contribution in [1.82, 2.24) is 10.6 Å². The zero-order chi connectivity index (χ0) is 19.2. The van der Waals surface area contributed by atoms with E-state index < -0.39 is 0 Å². The summed E-state index contributed by atoms with van der Waals surface area (Å²) in [6.07, 6.45) is 0.429. The van der Waals surface area contributed by atoms with Crippen molar-refractivity contribution in [3.8, 4) is 0 Å². The predicted molar refractivity (Wildman–Crippen MR) is 125 cm³/mol. The highest BCUT2D eigenvalue weighted by atomic mass is 127. The highest BCUT2D eigenvalue weighted by Crippen LogP contribution is 2.31. The Balaban J connectivity index is 0.00000280. The quantitative estimate of drug-likeness (QED) is 0.289. The number of aliphatic imine (C=N–C) groups is 1. The Morgan fingerprint density at radius 2 is 2.07 bits per heavy atom. The highest BCUT2D eigenvalue weighted by molar-refractivity contribution is 14.0. The van der Waals surface area contributed by atoms with E-state index in [2.05, 4.69) is 36.9 Å². The first-order chi connectivity index (χ1) is 13.1. The number of nitrogens with one attached hydrogen (secondary N) is 3. The second-order valence-electron chi connectivity index (χ2n) is 6.35. The molecule has 1 aliphatic rings. The van der Waals surface area contributed by atoms with Gasteiger partial charge in [0, 0.05) is 35.6 Å². The number of amides is 1. The number of anilines is 1. The first-order valence-corrected chi connectivity index (χ1v) is 9.71. The lowest BCUT2D eigenvalue weighted by Crippen LogP contribution is -2.40. The van der Waals surface area contributed by atoms with Gasteiger partial charge in [0.05, 0.1) is 6.54 Å². The molecular weight excluding hydrogens is 538 g/mol. The summed E-state index contributed by atoms with van der Waals surface area (Å²) < 4.78 is 14.3. The molecule has 0 aliphatic carbocycles. The molecule has 0 bridgehead atoms. The molecule has 0 radical (unpaired) electrons. The van der Waals surface area contributed by atoms with E-state index >= 15 is 0 Å². The van der Waals surface area contributed by atoms with Gasteiger partial charge in [-0.05, 0) is 42.3 Å². The van der Waals surface area contributed by atoms with Gasteiger partial charge in [-0.2, -0.15) is 0 Å². The fourth-order valence-corrected chi connectivity index (χ4v) is 3.45. The third-order valence-electron chi connectivity index (χ3n) is 4.38. The lowest BCUT2D eigenvalue weighted by atomic mass is 9.90. The van der Waals surface area contributed by atoms with Crippen LogP contribution in [0.2, 0.25) is 0 Å². The summed E-state index contributed by atoms with van der Waals surface area (Å²) in [5.41, 5.74) is 2.76. The summed E-state index contributed by atoms with van der Waals surface area (Å²) in [5.74, 6) is 0.439.